The molecule has 0 aliphatic carbocycles. The summed E-state index contributed by atoms with van der Waals surface area (Å²) in [6, 6.07) is 22.0. The molecule has 0 aliphatic rings. The largest absolute Gasteiger partial charge is 0.466 e. The highest BCUT2D eigenvalue weighted by atomic mass is 16.6. The van der Waals surface area contributed by atoms with Crippen LogP contribution in [0.15, 0.2) is 72.8 Å². The van der Waals surface area contributed by atoms with Gasteiger partial charge in [0, 0.05) is 30.8 Å². The molecule has 0 bridgehead atoms. The fourth-order valence-electron chi connectivity index (χ4n) is 3.46. The smallest absolute Gasteiger partial charge is 0.310 e. The number of esters is 1. The van der Waals surface area contributed by atoms with E-state index < -0.39 is 4.92 Å². The molecular weight excluding hydrogens is 420 g/mol. The lowest BCUT2D eigenvalue weighted by Gasteiger charge is -2.19. The second-order valence-electron chi connectivity index (χ2n) is 7.75. The summed E-state index contributed by atoms with van der Waals surface area (Å²) in [5.41, 5.74) is 2.74. The van der Waals surface area contributed by atoms with Crippen LogP contribution >= 0.6 is 0 Å². The lowest BCUT2D eigenvalue weighted by Crippen LogP contribution is -2.21. The monoisotopic (exact) mass is 448 g/mol. The number of non-ortho nitro benzene ring substituents is 1. The maximum absolute atomic E-state index is 11.8. The molecule has 0 N–H and O–H groups in total. The van der Waals surface area contributed by atoms with Gasteiger partial charge in [-0.25, -0.2) is 0 Å². The first-order valence-electron chi connectivity index (χ1n) is 10.9. The van der Waals surface area contributed by atoms with Crippen LogP contribution in [0.2, 0.25) is 0 Å². The molecule has 0 aromatic heterocycles. The van der Waals surface area contributed by atoms with Gasteiger partial charge in [-0.15, -0.1) is 0 Å². The minimum absolute atomic E-state index is 0.0184. The number of nitrogens with zero attached hydrogens (tertiary/aromatic N) is 2. The number of ether oxygens (including phenoxy) is 2. The van der Waals surface area contributed by atoms with Gasteiger partial charge in [-0.3, -0.25) is 14.9 Å². The minimum Gasteiger partial charge on any atom is -0.466 e. The van der Waals surface area contributed by atoms with Crippen molar-refractivity contribution in [1.29, 1.82) is 0 Å². The van der Waals surface area contributed by atoms with Gasteiger partial charge in [0.25, 0.3) is 5.69 Å². The van der Waals surface area contributed by atoms with Crippen LogP contribution in [0.5, 0.6) is 11.5 Å². The summed E-state index contributed by atoms with van der Waals surface area (Å²) in [6.07, 6.45) is 1.03. The molecule has 33 heavy (non-hydrogen) atoms. The van der Waals surface area contributed by atoms with Crippen LogP contribution in [0, 0.1) is 10.1 Å². The number of carbonyl (C=O) groups is 1. The number of rotatable bonds is 11. The van der Waals surface area contributed by atoms with Gasteiger partial charge in [-0.2, -0.15) is 0 Å². The maximum atomic E-state index is 11.8. The van der Waals surface area contributed by atoms with Crippen molar-refractivity contribution in [2.45, 2.75) is 26.3 Å². The van der Waals surface area contributed by atoms with E-state index in [1.807, 2.05) is 31.3 Å². The molecule has 3 rings (SSSR count). The van der Waals surface area contributed by atoms with E-state index in [-0.39, 0.29) is 18.1 Å². The SMILES string of the molecule is CCOC(=O)Cc1cccc(Oc2ccc([N+](=O)[O-])cc2CN(C)CCc2ccccc2)c1. The molecular formula is C26H28N2O5. The fourth-order valence-corrected chi connectivity index (χ4v) is 3.46. The first-order chi connectivity index (χ1) is 15.9. The molecule has 0 spiro atoms. The third-order valence-electron chi connectivity index (χ3n) is 5.10. The van der Waals surface area contributed by atoms with E-state index in [2.05, 4.69) is 17.0 Å². The summed E-state index contributed by atoms with van der Waals surface area (Å²) < 4.78 is 11.1. The van der Waals surface area contributed by atoms with Crippen molar-refractivity contribution in [3.8, 4) is 11.5 Å². The topological polar surface area (TPSA) is 81.9 Å². The Morgan fingerprint density at radius 2 is 1.76 bits per heavy atom. The molecule has 0 radical (unpaired) electrons. The number of carbonyl (C=O) groups excluding carboxylic acids is 1. The van der Waals surface area contributed by atoms with Gasteiger partial charge in [0.15, 0.2) is 0 Å². The number of hydrogen-bond donors (Lipinski definition) is 0. The number of hydrogen-bond acceptors (Lipinski definition) is 6. The molecule has 0 aliphatic heterocycles. The van der Waals surface area contributed by atoms with Crippen molar-refractivity contribution in [2.75, 3.05) is 20.2 Å². The van der Waals surface area contributed by atoms with Crippen molar-refractivity contribution in [1.82, 2.24) is 4.90 Å². The maximum Gasteiger partial charge on any atom is 0.310 e. The Hall–Kier alpha value is -3.71. The highest BCUT2D eigenvalue weighted by Crippen LogP contribution is 2.30. The van der Waals surface area contributed by atoms with E-state index in [0.29, 0.717) is 24.7 Å². The van der Waals surface area contributed by atoms with Crippen LogP contribution in [0.3, 0.4) is 0 Å². The van der Waals surface area contributed by atoms with Gasteiger partial charge in [0.05, 0.1) is 18.0 Å². The Kier molecular flexibility index (Phi) is 8.55. The Labute approximate surface area is 193 Å². The first-order valence-corrected chi connectivity index (χ1v) is 10.9. The Bertz CT molecular complexity index is 1090. The molecule has 0 fully saturated rings. The Morgan fingerprint density at radius 1 is 1.00 bits per heavy atom. The quantitative estimate of drug-likeness (QED) is 0.229. The van der Waals surface area contributed by atoms with E-state index in [1.165, 1.54) is 11.6 Å². The highest BCUT2D eigenvalue weighted by Gasteiger charge is 2.15. The Morgan fingerprint density at radius 3 is 2.48 bits per heavy atom. The first kappa shape index (κ1) is 23.9. The lowest BCUT2D eigenvalue weighted by atomic mass is 10.1. The molecule has 0 saturated heterocycles. The van der Waals surface area contributed by atoms with Gasteiger partial charge in [-0.1, -0.05) is 42.5 Å². The second-order valence-corrected chi connectivity index (χ2v) is 7.75. The third kappa shape index (κ3) is 7.43. The van der Waals surface area contributed by atoms with Gasteiger partial charge in [-0.05, 0) is 49.7 Å². The zero-order valence-corrected chi connectivity index (χ0v) is 18.9. The van der Waals surface area contributed by atoms with Gasteiger partial charge in [0.1, 0.15) is 11.5 Å². The van der Waals surface area contributed by atoms with E-state index in [9.17, 15) is 14.9 Å². The van der Waals surface area contributed by atoms with Crippen LogP contribution in [0.4, 0.5) is 5.69 Å². The third-order valence-corrected chi connectivity index (χ3v) is 5.10. The normalized spacial score (nSPS) is 10.8. The summed E-state index contributed by atoms with van der Waals surface area (Å²) in [7, 11) is 1.98. The van der Waals surface area contributed by atoms with E-state index in [0.717, 1.165) is 24.1 Å². The average Bonchev–Trinajstić information content (AvgIpc) is 2.80. The zero-order valence-electron chi connectivity index (χ0n) is 18.9. The summed E-state index contributed by atoms with van der Waals surface area (Å²) in [5, 5.41) is 11.3. The predicted octanol–water partition coefficient (Wildman–Crippen LogP) is 5.17. The summed E-state index contributed by atoms with van der Waals surface area (Å²) in [5.74, 6) is 0.796. The number of likely N-dealkylation sites (N-methyl/N-ethyl adjacent to an activating group) is 1. The van der Waals surface area contributed by atoms with Crippen LogP contribution in [-0.2, 0) is 28.9 Å². The molecule has 0 atom stereocenters. The number of benzene rings is 3. The van der Waals surface area contributed by atoms with Crippen molar-refractivity contribution in [3.63, 3.8) is 0 Å². The average molecular weight is 449 g/mol. The predicted molar refractivity (Wildman–Crippen MR) is 126 cm³/mol. The second kappa shape index (κ2) is 11.8. The minimum atomic E-state index is -0.406. The van der Waals surface area contributed by atoms with Crippen LogP contribution in [0.25, 0.3) is 0 Å². The van der Waals surface area contributed by atoms with Crippen molar-refractivity contribution < 1.29 is 19.2 Å². The highest BCUT2D eigenvalue weighted by molar-refractivity contribution is 5.72. The number of nitro benzene ring substituents is 1. The van der Waals surface area contributed by atoms with Gasteiger partial charge >= 0.3 is 5.97 Å². The Balaban J connectivity index is 1.75. The fraction of sp³-hybridized carbons (Fsp3) is 0.269. The van der Waals surface area contributed by atoms with E-state index in [4.69, 9.17) is 9.47 Å². The van der Waals surface area contributed by atoms with Crippen molar-refractivity contribution in [2.24, 2.45) is 0 Å². The molecule has 0 saturated carbocycles. The van der Waals surface area contributed by atoms with Gasteiger partial charge < -0.3 is 14.4 Å². The van der Waals surface area contributed by atoms with Crippen LogP contribution in [-0.4, -0.2) is 36.0 Å². The molecule has 0 unspecified atom stereocenters. The molecule has 0 heterocycles. The molecule has 7 nitrogen and oxygen atoms in total. The van der Waals surface area contributed by atoms with Crippen LogP contribution in [0.1, 0.15) is 23.6 Å². The molecule has 7 heteroatoms. The zero-order chi connectivity index (χ0) is 23.6. The lowest BCUT2D eigenvalue weighted by molar-refractivity contribution is -0.384. The number of nitro groups is 1. The standard InChI is InChI=1S/C26H28N2O5/c1-3-32-26(29)17-21-10-7-11-24(16-21)33-25-13-12-23(28(30)31)18-22(25)19-27(2)15-14-20-8-5-4-6-9-20/h4-13,16,18H,3,14-15,17,19H2,1-2H3. The van der Waals surface area contributed by atoms with E-state index in [1.54, 1.807) is 37.3 Å². The summed E-state index contributed by atoms with van der Waals surface area (Å²) >= 11 is 0. The molecule has 172 valence electrons. The van der Waals surface area contributed by atoms with E-state index >= 15 is 0 Å². The van der Waals surface area contributed by atoms with Crippen molar-refractivity contribution in [3.05, 3.63) is 99.6 Å². The van der Waals surface area contributed by atoms with Crippen molar-refractivity contribution >= 4 is 11.7 Å². The summed E-state index contributed by atoms with van der Waals surface area (Å²) in [6.45, 7) is 3.39. The molecule has 3 aromatic rings. The molecule has 0 amide bonds. The van der Waals surface area contributed by atoms with Crippen LogP contribution < -0.4 is 4.74 Å². The molecule has 3 aromatic carbocycles. The van der Waals surface area contributed by atoms with Gasteiger partial charge in [0.2, 0.25) is 0 Å². The summed E-state index contributed by atoms with van der Waals surface area (Å²) in [4.78, 5) is 24.8.